The second-order valence-corrected chi connectivity index (χ2v) is 9.91. The van der Waals surface area contributed by atoms with Crippen LogP contribution in [0.4, 0.5) is 0 Å². The maximum atomic E-state index is 12.5. The smallest absolute Gasteiger partial charge is 0.303 e. The summed E-state index contributed by atoms with van der Waals surface area (Å²) in [5, 5.41) is 9.34. The first-order valence-corrected chi connectivity index (χ1v) is 12.8. The Morgan fingerprint density at radius 2 is 1.76 bits per heavy atom. The highest BCUT2D eigenvalue weighted by atomic mass is 35.5. The van der Waals surface area contributed by atoms with E-state index in [2.05, 4.69) is 9.97 Å². The van der Waals surface area contributed by atoms with E-state index in [-0.39, 0.29) is 22.9 Å². The predicted molar refractivity (Wildman–Crippen MR) is 136 cm³/mol. The normalized spacial score (nSPS) is 11.8. The summed E-state index contributed by atoms with van der Waals surface area (Å²) in [6, 6.07) is 16.1. The van der Waals surface area contributed by atoms with Crippen LogP contribution in [-0.4, -0.2) is 35.4 Å². The number of hydrogen-bond donors (Lipinski definition) is 2. The summed E-state index contributed by atoms with van der Waals surface area (Å²) in [6.07, 6.45) is 6.60. The number of carboxylic acids is 1. The molecule has 4 aromatic rings. The fourth-order valence-electron chi connectivity index (χ4n) is 3.41. The molecule has 4 rings (SSSR count). The zero-order valence-electron chi connectivity index (χ0n) is 19.2. The van der Waals surface area contributed by atoms with E-state index in [0.29, 0.717) is 17.0 Å². The van der Waals surface area contributed by atoms with Crippen LogP contribution in [0.5, 0.6) is 0 Å². The number of carbonyl (C=O) groups excluding carboxylic acids is 1. The molecule has 0 saturated heterocycles. The molecule has 2 N–H and O–H groups in total. The third-order valence-corrected chi connectivity index (χ3v) is 6.81. The minimum Gasteiger partial charge on any atom is -0.481 e. The molecule has 0 aliphatic carbocycles. The Labute approximate surface area is 217 Å². The van der Waals surface area contributed by atoms with Crippen molar-refractivity contribution in [3.63, 3.8) is 0 Å². The van der Waals surface area contributed by atoms with E-state index in [9.17, 15) is 18.0 Å². The van der Waals surface area contributed by atoms with Crippen LogP contribution < -0.4 is 4.72 Å². The zero-order valence-corrected chi connectivity index (χ0v) is 20.7. The third-order valence-electron chi connectivity index (χ3n) is 5.21. The van der Waals surface area contributed by atoms with Gasteiger partial charge in [-0.15, -0.1) is 0 Å². The number of hydrogen-bond acceptors (Lipinski definition) is 7. The van der Waals surface area contributed by atoms with Crippen molar-refractivity contribution >= 4 is 39.1 Å². The van der Waals surface area contributed by atoms with Crippen molar-refractivity contribution in [2.45, 2.75) is 17.7 Å². The van der Waals surface area contributed by atoms with Gasteiger partial charge in [-0.1, -0.05) is 35.9 Å². The number of carboxylic acid groups (broad SMARTS) is 1. The van der Waals surface area contributed by atoms with E-state index in [0.717, 1.165) is 23.0 Å². The number of nitrogens with one attached hydrogen (secondary N) is 1. The molecule has 0 aliphatic heterocycles. The molecule has 0 bridgehead atoms. The highest BCUT2D eigenvalue weighted by Crippen LogP contribution is 2.27. The number of amides is 1. The third kappa shape index (κ3) is 6.49. The van der Waals surface area contributed by atoms with Gasteiger partial charge in [0.25, 0.3) is 15.9 Å². The van der Waals surface area contributed by atoms with Gasteiger partial charge in [0.2, 0.25) is 5.89 Å². The molecule has 11 heteroatoms. The first kappa shape index (κ1) is 25.8. The van der Waals surface area contributed by atoms with Crippen LogP contribution in [0.15, 0.2) is 94.7 Å². The summed E-state index contributed by atoms with van der Waals surface area (Å²) in [4.78, 5) is 31.6. The van der Waals surface area contributed by atoms with Gasteiger partial charge < -0.3 is 9.52 Å². The van der Waals surface area contributed by atoms with E-state index in [1.165, 1.54) is 24.3 Å². The Morgan fingerprint density at radius 3 is 2.41 bits per heavy atom. The van der Waals surface area contributed by atoms with E-state index >= 15 is 0 Å². The van der Waals surface area contributed by atoms with Crippen molar-refractivity contribution in [2.24, 2.45) is 0 Å². The number of sulfonamides is 1. The van der Waals surface area contributed by atoms with Gasteiger partial charge >= 0.3 is 5.97 Å². The number of carbonyl (C=O) groups is 2. The van der Waals surface area contributed by atoms with E-state index < -0.39 is 21.9 Å². The minimum atomic E-state index is -4.12. The molecular weight excluding hydrogens is 518 g/mol. The van der Waals surface area contributed by atoms with E-state index in [4.69, 9.17) is 21.1 Å². The molecule has 1 amide bonds. The maximum Gasteiger partial charge on any atom is 0.303 e. The Kier molecular flexibility index (Phi) is 7.80. The number of aromatic nitrogens is 2. The Balaban J connectivity index is 1.52. The molecule has 0 saturated carbocycles. The molecule has 9 nitrogen and oxygen atoms in total. The first-order valence-electron chi connectivity index (χ1n) is 10.9. The molecule has 188 valence electrons. The summed E-state index contributed by atoms with van der Waals surface area (Å²) < 4.78 is 32.3. The van der Waals surface area contributed by atoms with Crippen LogP contribution in [0.25, 0.3) is 17.0 Å². The van der Waals surface area contributed by atoms with E-state index in [1.54, 1.807) is 30.6 Å². The van der Waals surface area contributed by atoms with Gasteiger partial charge in [0.1, 0.15) is 6.26 Å². The van der Waals surface area contributed by atoms with Crippen LogP contribution >= 0.6 is 11.6 Å². The van der Waals surface area contributed by atoms with Gasteiger partial charge in [-0.25, -0.2) is 18.1 Å². The molecule has 2 aromatic carbocycles. The van der Waals surface area contributed by atoms with Crippen LogP contribution in [0.1, 0.15) is 34.5 Å². The summed E-state index contributed by atoms with van der Waals surface area (Å²) in [5.74, 6) is -1.71. The number of benzene rings is 2. The number of aliphatic carboxylic acids is 1. The predicted octanol–water partition coefficient (Wildman–Crippen LogP) is 4.81. The number of rotatable bonds is 9. The first-order chi connectivity index (χ1) is 17.7. The number of pyridine rings is 1. The van der Waals surface area contributed by atoms with Crippen molar-refractivity contribution in [1.82, 2.24) is 14.7 Å². The number of halogens is 1. The van der Waals surface area contributed by atoms with Crippen molar-refractivity contribution in [2.75, 3.05) is 0 Å². The average Bonchev–Trinajstić information content (AvgIpc) is 3.38. The molecule has 2 heterocycles. The van der Waals surface area contributed by atoms with Gasteiger partial charge in [-0.3, -0.25) is 14.6 Å². The molecule has 0 atom stereocenters. The maximum absolute atomic E-state index is 12.5. The van der Waals surface area contributed by atoms with Crippen molar-refractivity contribution < 1.29 is 27.5 Å². The average molecular weight is 538 g/mol. The monoisotopic (exact) mass is 537 g/mol. The Bertz CT molecular complexity index is 1550. The van der Waals surface area contributed by atoms with Crippen molar-refractivity contribution in [3.8, 4) is 11.5 Å². The highest BCUT2D eigenvalue weighted by molar-refractivity contribution is 7.90. The lowest BCUT2D eigenvalue weighted by atomic mass is 9.97. The summed E-state index contributed by atoms with van der Waals surface area (Å²) >= 11 is 5.78. The second-order valence-electron chi connectivity index (χ2n) is 7.80. The van der Waals surface area contributed by atoms with Crippen LogP contribution in [0.3, 0.4) is 0 Å². The molecule has 0 fully saturated rings. The largest absolute Gasteiger partial charge is 0.481 e. The number of allylic oxidation sites excluding steroid dienone is 1. The molecule has 0 radical (unpaired) electrons. The highest BCUT2D eigenvalue weighted by Gasteiger charge is 2.21. The van der Waals surface area contributed by atoms with Gasteiger partial charge in [-0.05, 0) is 60.0 Å². The van der Waals surface area contributed by atoms with Crippen molar-refractivity contribution in [3.05, 3.63) is 107 Å². The van der Waals surface area contributed by atoms with Gasteiger partial charge in [-0.2, -0.15) is 0 Å². The lowest BCUT2D eigenvalue weighted by Crippen LogP contribution is -2.30. The van der Waals surface area contributed by atoms with Crippen LogP contribution in [-0.2, 0) is 14.8 Å². The van der Waals surface area contributed by atoms with Gasteiger partial charge in [0.15, 0.2) is 5.69 Å². The summed E-state index contributed by atoms with van der Waals surface area (Å²) in [5.41, 5.74) is 2.82. The molecule has 0 aliphatic rings. The second kappa shape index (κ2) is 11.2. The zero-order chi connectivity index (χ0) is 26.4. The summed E-state index contributed by atoms with van der Waals surface area (Å²) in [7, 11) is -4.12. The number of nitrogens with zero attached hydrogens (tertiary/aromatic N) is 2. The lowest BCUT2D eigenvalue weighted by molar-refractivity contribution is -0.136. The summed E-state index contributed by atoms with van der Waals surface area (Å²) in [6.45, 7) is 0. The van der Waals surface area contributed by atoms with E-state index in [1.807, 2.05) is 29.0 Å². The lowest BCUT2D eigenvalue weighted by Gasteiger charge is -2.09. The molecule has 0 unspecified atom stereocenters. The molecule has 2 aromatic heterocycles. The molecule has 0 spiro atoms. The Hall–Kier alpha value is -4.28. The SMILES string of the molecule is O=C(O)CC/C=C(\c1ccc(-c2nc(C(=O)NS(=O)(=O)c3ccc(Cl)cc3)co2)cc1)c1cccnc1. The minimum absolute atomic E-state index is 0.00323. The van der Waals surface area contributed by atoms with Gasteiger partial charge in [0.05, 0.1) is 4.90 Å². The quantitative estimate of drug-likeness (QED) is 0.310. The molecular formula is C26H20ClN3O6S. The molecule has 37 heavy (non-hydrogen) atoms. The fraction of sp³-hybridized carbons (Fsp3) is 0.0769. The van der Waals surface area contributed by atoms with Gasteiger partial charge in [0, 0.05) is 35.0 Å². The van der Waals surface area contributed by atoms with Crippen LogP contribution in [0.2, 0.25) is 5.02 Å². The Morgan fingerprint density at radius 1 is 1.03 bits per heavy atom. The van der Waals surface area contributed by atoms with Crippen molar-refractivity contribution in [1.29, 1.82) is 0 Å². The number of oxazole rings is 1. The fourth-order valence-corrected chi connectivity index (χ4v) is 4.50. The topological polar surface area (TPSA) is 139 Å². The standard InChI is InChI=1S/C26H20ClN3O6S/c27-20-10-12-21(13-11-20)37(34,35)30-25(33)23-16-36-26(29-23)18-8-6-17(7-9-18)22(4-1-5-24(31)32)19-3-2-14-28-15-19/h2-4,6-16H,1,5H2,(H,30,33)(H,31,32)/b22-4+. The van der Waals surface area contributed by atoms with Crippen LogP contribution in [0, 0.1) is 0 Å².